The van der Waals surface area contributed by atoms with E-state index in [9.17, 15) is 4.79 Å². The van der Waals surface area contributed by atoms with E-state index in [1.54, 1.807) is 7.11 Å². The molecule has 0 radical (unpaired) electrons. The Kier molecular flexibility index (Phi) is 6.68. The zero-order valence-corrected chi connectivity index (χ0v) is 15.4. The molecule has 0 unspecified atom stereocenters. The van der Waals surface area contributed by atoms with Crippen molar-refractivity contribution in [2.75, 3.05) is 51.4 Å². The number of nitrogens with one attached hydrogen (secondary N) is 1. The summed E-state index contributed by atoms with van der Waals surface area (Å²) >= 11 is 6.85. The van der Waals surface area contributed by atoms with E-state index in [2.05, 4.69) is 22.2 Å². The molecule has 1 N–H and O–H groups in total. The Labute approximate surface area is 147 Å². The highest BCUT2D eigenvalue weighted by Gasteiger charge is 2.17. The molecule has 5 nitrogen and oxygen atoms in total. The summed E-state index contributed by atoms with van der Waals surface area (Å²) in [4.78, 5) is 16.6. The van der Waals surface area contributed by atoms with Crippen LogP contribution in [0.15, 0.2) is 18.2 Å². The minimum atomic E-state index is -0.0737. The van der Waals surface area contributed by atoms with E-state index in [4.69, 9.17) is 17.0 Å². The molecule has 0 saturated carbocycles. The van der Waals surface area contributed by atoms with Crippen LogP contribution in [0.1, 0.15) is 5.56 Å². The van der Waals surface area contributed by atoms with Crippen LogP contribution in [-0.2, 0) is 4.79 Å². The van der Waals surface area contributed by atoms with E-state index in [-0.39, 0.29) is 5.91 Å². The van der Waals surface area contributed by atoms with Gasteiger partial charge in [-0.05, 0) is 31.7 Å². The quantitative estimate of drug-likeness (QED) is 0.838. The third-order valence-corrected chi connectivity index (χ3v) is 5.24. The van der Waals surface area contributed by atoms with E-state index in [0.717, 1.165) is 36.1 Å². The number of aryl methyl sites for hydroxylation is 1. The number of carbonyl (C=O) groups excluding carboxylic acids is 1. The molecule has 1 aliphatic rings. The van der Waals surface area contributed by atoms with Gasteiger partial charge in [0.25, 0.3) is 0 Å². The molecule has 1 fully saturated rings. The number of rotatable bonds is 4. The first-order valence-electron chi connectivity index (χ1n) is 7.54. The highest BCUT2D eigenvalue weighted by atomic mass is 32.2. The first kappa shape index (κ1) is 18.0. The number of piperazine rings is 1. The van der Waals surface area contributed by atoms with Crippen LogP contribution in [0.4, 0.5) is 5.69 Å². The van der Waals surface area contributed by atoms with Crippen LogP contribution in [0.25, 0.3) is 0 Å². The van der Waals surface area contributed by atoms with Crippen molar-refractivity contribution in [3.8, 4) is 5.75 Å². The summed E-state index contributed by atoms with van der Waals surface area (Å²) in [7, 11) is 3.70. The number of methoxy groups -OCH3 is 1. The number of benzene rings is 1. The topological polar surface area (TPSA) is 44.8 Å². The third-order valence-electron chi connectivity index (χ3n) is 3.72. The van der Waals surface area contributed by atoms with Gasteiger partial charge in [-0.2, -0.15) is 0 Å². The van der Waals surface area contributed by atoms with Crippen LogP contribution in [0, 0.1) is 6.92 Å². The summed E-state index contributed by atoms with van der Waals surface area (Å²) in [5.74, 6) is 0.897. The van der Waals surface area contributed by atoms with Gasteiger partial charge in [0.05, 0.1) is 18.6 Å². The molecular weight excluding hydrogens is 330 g/mol. The van der Waals surface area contributed by atoms with Gasteiger partial charge < -0.3 is 19.9 Å². The van der Waals surface area contributed by atoms with Crippen LogP contribution >= 0.6 is 24.0 Å². The lowest BCUT2D eigenvalue weighted by molar-refractivity contribution is -0.113. The van der Waals surface area contributed by atoms with Crippen LogP contribution in [0.5, 0.6) is 5.75 Å². The maximum atomic E-state index is 12.2. The van der Waals surface area contributed by atoms with Crippen LogP contribution in [0.2, 0.25) is 0 Å². The average Bonchev–Trinajstić information content (AvgIpc) is 2.53. The van der Waals surface area contributed by atoms with E-state index in [0.29, 0.717) is 17.2 Å². The normalized spacial score (nSPS) is 15.3. The molecule has 126 valence electrons. The molecule has 1 aliphatic heterocycles. The summed E-state index contributed by atoms with van der Waals surface area (Å²) < 4.78 is 6.07. The standard InChI is InChI=1S/C16H23N3O2S2/c1-12-4-5-14(21-3)13(10-12)17-15(20)11-23-16(22)19-8-6-18(2)7-9-19/h4-5,10H,6-9,11H2,1-3H3,(H,17,20). The number of carbonyl (C=O) groups is 1. The Morgan fingerprint density at radius 2 is 2.04 bits per heavy atom. The first-order chi connectivity index (χ1) is 11.0. The number of thioether (sulfide) groups is 1. The summed E-state index contributed by atoms with van der Waals surface area (Å²) in [6.07, 6.45) is 0. The fraction of sp³-hybridized carbons (Fsp3) is 0.500. The maximum absolute atomic E-state index is 12.2. The van der Waals surface area contributed by atoms with Crippen molar-refractivity contribution in [1.82, 2.24) is 9.80 Å². The predicted octanol–water partition coefficient (Wildman–Crippen LogP) is 2.21. The third kappa shape index (κ3) is 5.37. The van der Waals surface area contributed by atoms with Crippen molar-refractivity contribution in [1.29, 1.82) is 0 Å². The van der Waals surface area contributed by atoms with Gasteiger partial charge in [-0.1, -0.05) is 30.0 Å². The molecule has 1 saturated heterocycles. The highest BCUT2D eigenvalue weighted by Crippen LogP contribution is 2.25. The molecule has 23 heavy (non-hydrogen) atoms. The Balaban J connectivity index is 1.83. The number of amides is 1. The van der Waals surface area contributed by atoms with Gasteiger partial charge in [-0.25, -0.2) is 0 Å². The number of hydrogen-bond donors (Lipinski definition) is 1. The second-order valence-corrected chi connectivity index (χ2v) is 7.21. The van der Waals surface area contributed by atoms with Gasteiger partial charge in [0, 0.05) is 26.2 Å². The molecule has 1 aromatic carbocycles. The van der Waals surface area contributed by atoms with Gasteiger partial charge in [0.1, 0.15) is 10.1 Å². The minimum absolute atomic E-state index is 0.0737. The SMILES string of the molecule is COc1ccc(C)cc1NC(=O)CSC(=S)N1CCN(C)CC1. The van der Waals surface area contributed by atoms with Gasteiger partial charge in [0.2, 0.25) is 5.91 Å². The summed E-state index contributed by atoms with van der Waals surface area (Å²) in [6, 6.07) is 5.71. The molecule has 0 atom stereocenters. The maximum Gasteiger partial charge on any atom is 0.234 e. The van der Waals surface area contributed by atoms with Gasteiger partial charge in [-0.3, -0.25) is 4.79 Å². The van der Waals surface area contributed by atoms with Crippen molar-refractivity contribution in [2.24, 2.45) is 0 Å². The molecule has 2 rings (SSSR count). The molecule has 1 aromatic rings. The lowest BCUT2D eigenvalue weighted by atomic mass is 10.2. The van der Waals surface area contributed by atoms with Gasteiger partial charge in [-0.15, -0.1) is 0 Å². The van der Waals surface area contributed by atoms with Crippen LogP contribution in [0.3, 0.4) is 0 Å². The minimum Gasteiger partial charge on any atom is -0.495 e. The number of hydrogen-bond acceptors (Lipinski definition) is 5. The zero-order valence-electron chi connectivity index (χ0n) is 13.8. The smallest absolute Gasteiger partial charge is 0.234 e. The number of ether oxygens (including phenoxy) is 1. The molecule has 1 amide bonds. The van der Waals surface area contributed by atoms with Crippen molar-refractivity contribution in [3.63, 3.8) is 0 Å². The number of anilines is 1. The molecule has 1 heterocycles. The van der Waals surface area contributed by atoms with Crippen molar-refractivity contribution < 1.29 is 9.53 Å². The van der Waals surface area contributed by atoms with Crippen molar-refractivity contribution >= 4 is 39.9 Å². The lowest BCUT2D eigenvalue weighted by Crippen LogP contribution is -2.46. The summed E-state index contributed by atoms with van der Waals surface area (Å²) in [5.41, 5.74) is 1.77. The second kappa shape index (κ2) is 8.52. The zero-order chi connectivity index (χ0) is 16.8. The molecule has 0 aliphatic carbocycles. The highest BCUT2D eigenvalue weighted by molar-refractivity contribution is 8.23. The average molecular weight is 354 g/mol. The lowest BCUT2D eigenvalue weighted by Gasteiger charge is -2.33. The van der Waals surface area contributed by atoms with Crippen molar-refractivity contribution in [2.45, 2.75) is 6.92 Å². The van der Waals surface area contributed by atoms with Crippen LogP contribution in [-0.4, -0.2) is 66.1 Å². The van der Waals surface area contributed by atoms with E-state index >= 15 is 0 Å². The fourth-order valence-electron chi connectivity index (χ4n) is 2.31. The molecule has 0 spiro atoms. The largest absolute Gasteiger partial charge is 0.495 e. The second-order valence-electron chi connectivity index (χ2n) is 5.60. The summed E-state index contributed by atoms with van der Waals surface area (Å²) in [6.45, 7) is 5.85. The number of nitrogens with zero attached hydrogens (tertiary/aromatic N) is 2. The van der Waals surface area contributed by atoms with Crippen LogP contribution < -0.4 is 10.1 Å². The van der Waals surface area contributed by atoms with E-state index < -0.39 is 0 Å². The summed E-state index contributed by atoms with van der Waals surface area (Å²) in [5, 5.41) is 2.90. The monoisotopic (exact) mass is 353 g/mol. The Morgan fingerprint density at radius 1 is 1.35 bits per heavy atom. The fourth-order valence-corrected chi connectivity index (χ4v) is 3.36. The molecule has 7 heteroatoms. The Bertz CT molecular complexity index is 572. The first-order valence-corrected chi connectivity index (χ1v) is 8.93. The number of thiocarbonyl (C=S) groups is 1. The Hall–Kier alpha value is -1.31. The van der Waals surface area contributed by atoms with E-state index in [1.807, 2.05) is 25.1 Å². The van der Waals surface area contributed by atoms with Gasteiger partial charge >= 0.3 is 0 Å². The van der Waals surface area contributed by atoms with Gasteiger partial charge in [0.15, 0.2) is 0 Å². The molecule has 0 aromatic heterocycles. The molecule has 0 bridgehead atoms. The van der Waals surface area contributed by atoms with Crippen molar-refractivity contribution in [3.05, 3.63) is 23.8 Å². The Morgan fingerprint density at radius 3 is 2.70 bits per heavy atom. The van der Waals surface area contributed by atoms with E-state index in [1.165, 1.54) is 11.8 Å². The molecular formula is C16H23N3O2S2. The predicted molar refractivity (Wildman–Crippen MR) is 100 cm³/mol. The number of likely N-dealkylation sites (N-methyl/N-ethyl adjacent to an activating group) is 1.